The highest BCUT2D eigenvalue weighted by Gasteiger charge is 2.36. The number of aromatic nitrogens is 4. The molecule has 0 bridgehead atoms. The minimum Gasteiger partial charge on any atom is -0.367 e. The van der Waals surface area contributed by atoms with E-state index < -0.39 is 5.67 Å². The monoisotopic (exact) mass is 374 g/mol. The van der Waals surface area contributed by atoms with Crippen molar-refractivity contribution in [3.8, 4) is 0 Å². The van der Waals surface area contributed by atoms with Gasteiger partial charge in [-0.15, -0.1) is 0 Å². The fourth-order valence-corrected chi connectivity index (χ4v) is 3.12. The number of alkyl halides is 1. The van der Waals surface area contributed by atoms with Crippen molar-refractivity contribution in [2.45, 2.75) is 32.4 Å². The Labute approximate surface area is 156 Å². The molecule has 1 amide bonds. The molecule has 1 N–H and O–H groups in total. The number of halogens is 1. The smallest absolute Gasteiger partial charge is 0.274 e. The van der Waals surface area contributed by atoms with Gasteiger partial charge in [0.25, 0.3) is 11.5 Å². The molecular formula is C18H23FN6O2. The lowest BCUT2D eigenvalue weighted by molar-refractivity contribution is 0.0476. The molecule has 3 heterocycles. The molecule has 8 nitrogen and oxygen atoms in total. The molecule has 144 valence electrons. The van der Waals surface area contributed by atoms with Gasteiger partial charge in [0.15, 0.2) is 0 Å². The predicted octanol–water partition coefficient (Wildman–Crippen LogP) is 1.24. The van der Waals surface area contributed by atoms with Crippen LogP contribution >= 0.6 is 0 Å². The van der Waals surface area contributed by atoms with Crippen molar-refractivity contribution in [3.05, 3.63) is 45.8 Å². The lowest BCUT2D eigenvalue weighted by Gasteiger charge is -2.36. The van der Waals surface area contributed by atoms with Gasteiger partial charge in [-0.3, -0.25) is 9.59 Å². The molecule has 27 heavy (non-hydrogen) atoms. The Kier molecular flexibility index (Phi) is 5.20. The number of carbonyl (C=O) groups is 1. The highest BCUT2D eigenvalue weighted by molar-refractivity contribution is 5.92. The maximum atomic E-state index is 15.1. The van der Waals surface area contributed by atoms with Crippen molar-refractivity contribution in [2.24, 2.45) is 7.05 Å². The van der Waals surface area contributed by atoms with Crippen molar-refractivity contribution in [2.75, 3.05) is 25.0 Å². The zero-order valence-corrected chi connectivity index (χ0v) is 15.7. The molecule has 0 radical (unpaired) electrons. The van der Waals surface area contributed by atoms with E-state index >= 15 is 4.39 Å². The van der Waals surface area contributed by atoms with Gasteiger partial charge in [-0.2, -0.15) is 5.10 Å². The summed E-state index contributed by atoms with van der Waals surface area (Å²) < 4.78 is 16.2. The summed E-state index contributed by atoms with van der Waals surface area (Å²) in [5.41, 5.74) is -0.689. The fraction of sp³-hybridized carbons (Fsp3) is 0.500. The average molecular weight is 374 g/mol. The van der Waals surface area contributed by atoms with Crippen LogP contribution in [0.3, 0.4) is 0 Å². The second kappa shape index (κ2) is 7.42. The van der Waals surface area contributed by atoms with E-state index in [4.69, 9.17) is 0 Å². The van der Waals surface area contributed by atoms with Crippen molar-refractivity contribution in [1.29, 1.82) is 0 Å². The number of hydrogen-bond acceptors (Lipinski definition) is 6. The largest absolute Gasteiger partial charge is 0.367 e. The first-order valence-corrected chi connectivity index (χ1v) is 8.84. The van der Waals surface area contributed by atoms with Crippen LogP contribution in [-0.4, -0.2) is 55.9 Å². The third-order valence-electron chi connectivity index (χ3n) is 4.68. The zero-order valence-electron chi connectivity index (χ0n) is 15.7. The standard InChI is InChI=1S/C18H23FN6O2/c1-12-10-15(22-13(2)21-12)20-11-18(19)6-8-25(9-7-18)17(27)14-4-5-16(26)24(3)23-14/h4-5,10H,6-9,11H2,1-3H3,(H,20,21,22). The highest BCUT2D eigenvalue weighted by atomic mass is 19.1. The molecule has 0 saturated carbocycles. The molecule has 0 aromatic carbocycles. The van der Waals surface area contributed by atoms with Crippen LogP contribution in [0.1, 0.15) is 34.8 Å². The molecule has 3 rings (SSSR count). The van der Waals surface area contributed by atoms with Crippen LogP contribution in [0, 0.1) is 13.8 Å². The topological polar surface area (TPSA) is 93.0 Å². The van der Waals surface area contributed by atoms with Crippen LogP contribution in [0.15, 0.2) is 23.0 Å². The number of anilines is 1. The van der Waals surface area contributed by atoms with Gasteiger partial charge < -0.3 is 10.2 Å². The van der Waals surface area contributed by atoms with Gasteiger partial charge in [0.05, 0.1) is 6.54 Å². The van der Waals surface area contributed by atoms with E-state index in [-0.39, 0.29) is 36.5 Å². The zero-order chi connectivity index (χ0) is 19.6. The molecule has 1 aliphatic heterocycles. The second-order valence-corrected chi connectivity index (χ2v) is 6.92. The summed E-state index contributed by atoms with van der Waals surface area (Å²) >= 11 is 0. The molecule has 1 saturated heterocycles. The Hall–Kier alpha value is -2.84. The molecule has 1 aliphatic rings. The van der Waals surface area contributed by atoms with Crippen LogP contribution in [-0.2, 0) is 7.05 Å². The lowest BCUT2D eigenvalue weighted by atomic mass is 9.93. The van der Waals surface area contributed by atoms with Gasteiger partial charge in [-0.05, 0) is 19.9 Å². The molecule has 0 spiro atoms. The maximum absolute atomic E-state index is 15.1. The van der Waals surface area contributed by atoms with E-state index in [1.165, 1.54) is 19.2 Å². The lowest BCUT2D eigenvalue weighted by Crippen LogP contribution is -2.48. The number of hydrogen-bond donors (Lipinski definition) is 1. The molecule has 0 atom stereocenters. The Morgan fingerprint density at radius 1 is 1.26 bits per heavy atom. The Morgan fingerprint density at radius 3 is 2.59 bits per heavy atom. The van der Waals surface area contributed by atoms with Crippen molar-refractivity contribution in [3.63, 3.8) is 0 Å². The number of likely N-dealkylation sites (tertiary alicyclic amines) is 1. The molecule has 0 aliphatic carbocycles. The average Bonchev–Trinajstić information content (AvgIpc) is 2.62. The summed E-state index contributed by atoms with van der Waals surface area (Å²) in [6.45, 7) is 4.37. The van der Waals surface area contributed by atoms with E-state index in [1.54, 1.807) is 17.9 Å². The van der Waals surface area contributed by atoms with E-state index in [9.17, 15) is 9.59 Å². The van der Waals surface area contributed by atoms with Gasteiger partial charge in [-0.25, -0.2) is 19.0 Å². The Morgan fingerprint density at radius 2 is 1.96 bits per heavy atom. The Bertz CT molecular complexity index is 885. The molecule has 2 aromatic heterocycles. The van der Waals surface area contributed by atoms with Crippen LogP contribution in [0.2, 0.25) is 0 Å². The molecule has 0 unspecified atom stereocenters. The van der Waals surface area contributed by atoms with E-state index in [0.717, 1.165) is 10.4 Å². The number of nitrogens with one attached hydrogen (secondary N) is 1. The summed E-state index contributed by atoms with van der Waals surface area (Å²) in [6.07, 6.45) is 0.446. The van der Waals surface area contributed by atoms with Gasteiger partial charge in [-0.1, -0.05) is 0 Å². The molecule has 9 heteroatoms. The van der Waals surface area contributed by atoms with Gasteiger partial charge in [0.2, 0.25) is 0 Å². The maximum Gasteiger partial charge on any atom is 0.274 e. The first-order valence-electron chi connectivity index (χ1n) is 8.84. The van der Waals surface area contributed by atoms with Gasteiger partial charge in [0.1, 0.15) is 23.0 Å². The molecule has 1 fully saturated rings. The fourth-order valence-electron chi connectivity index (χ4n) is 3.12. The van der Waals surface area contributed by atoms with Crippen LogP contribution in [0.5, 0.6) is 0 Å². The number of carbonyl (C=O) groups excluding carboxylic acids is 1. The number of piperidine rings is 1. The summed E-state index contributed by atoms with van der Waals surface area (Å²) in [5.74, 6) is 0.947. The number of rotatable bonds is 4. The van der Waals surface area contributed by atoms with Crippen LogP contribution < -0.4 is 10.9 Å². The Balaban J connectivity index is 1.59. The summed E-state index contributed by atoms with van der Waals surface area (Å²) in [6, 6.07) is 4.49. The van der Waals surface area contributed by atoms with E-state index in [1.807, 2.05) is 6.92 Å². The minimum atomic E-state index is -1.42. The normalized spacial score (nSPS) is 16.2. The van der Waals surface area contributed by atoms with Crippen LogP contribution in [0.25, 0.3) is 0 Å². The number of nitrogens with zero attached hydrogens (tertiary/aromatic N) is 5. The minimum absolute atomic E-state index is 0.128. The van der Waals surface area contributed by atoms with E-state index in [2.05, 4.69) is 20.4 Å². The number of amides is 1. The second-order valence-electron chi connectivity index (χ2n) is 6.92. The molecular weight excluding hydrogens is 351 g/mol. The van der Waals surface area contributed by atoms with Gasteiger partial charge >= 0.3 is 0 Å². The SMILES string of the molecule is Cc1cc(NCC2(F)CCN(C(=O)c3ccc(=O)n(C)n3)CC2)nc(C)n1. The quantitative estimate of drug-likeness (QED) is 0.866. The third kappa shape index (κ3) is 4.47. The first-order chi connectivity index (χ1) is 12.8. The third-order valence-corrected chi connectivity index (χ3v) is 4.68. The predicted molar refractivity (Wildman–Crippen MR) is 98.5 cm³/mol. The summed E-state index contributed by atoms with van der Waals surface area (Å²) in [5, 5.41) is 7.02. The van der Waals surface area contributed by atoms with Crippen molar-refractivity contribution >= 4 is 11.7 Å². The molecule has 2 aromatic rings. The van der Waals surface area contributed by atoms with Gasteiger partial charge in [0, 0.05) is 50.8 Å². The number of aryl methyl sites for hydroxylation is 3. The summed E-state index contributed by atoms with van der Waals surface area (Å²) in [4.78, 5) is 33.9. The highest BCUT2D eigenvalue weighted by Crippen LogP contribution is 2.27. The van der Waals surface area contributed by atoms with Crippen molar-refractivity contribution in [1.82, 2.24) is 24.6 Å². The summed E-state index contributed by atoms with van der Waals surface area (Å²) in [7, 11) is 1.49. The van der Waals surface area contributed by atoms with E-state index in [0.29, 0.717) is 24.7 Å². The van der Waals surface area contributed by atoms with Crippen molar-refractivity contribution < 1.29 is 9.18 Å². The van der Waals surface area contributed by atoms with Crippen LogP contribution in [0.4, 0.5) is 10.2 Å². The first kappa shape index (κ1) is 18.9.